The lowest BCUT2D eigenvalue weighted by atomic mass is 9.94. The van der Waals surface area contributed by atoms with E-state index in [1.54, 1.807) is 0 Å². The van der Waals surface area contributed by atoms with Crippen LogP contribution in [0.25, 0.3) is 0 Å². The molecular weight excluding hydrogens is 238 g/mol. The molecule has 0 aliphatic carbocycles. The Kier molecular flexibility index (Phi) is 5.89. The maximum atomic E-state index is 11.0. The van der Waals surface area contributed by atoms with Crippen LogP contribution < -0.4 is 0 Å². The Morgan fingerprint density at radius 2 is 2.00 bits per heavy atom. The fraction of sp³-hybridized carbons (Fsp3) is 1.00. The largest absolute Gasteiger partial charge is 0.396 e. The summed E-state index contributed by atoms with van der Waals surface area (Å²) in [5, 5.41) is 9.17. The van der Waals surface area contributed by atoms with Crippen LogP contribution in [-0.4, -0.2) is 56.2 Å². The highest BCUT2D eigenvalue weighted by Crippen LogP contribution is 2.21. The summed E-state index contributed by atoms with van der Waals surface area (Å²) in [5.74, 6) is 0.694. The van der Waals surface area contributed by atoms with Crippen molar-refractivity contribution in [1.29, 1.82) is 0 Å². The summed E-state index contributed by atoms with van der Waals surface area (Å²) < 4.78 is 22.0. The van der Waals surface area contributed by atoms with Crippen LogP contribution in [0.3, 0.4) is 0 Å². The number of nitrogens with zero attached hydrogens (tertiary/aromatic N) is 1. The second-order valence-corrected chi connectivity index (χ2v) is 7.57. The molecule has 2 atom stereocenters. The molecule has 1 aliphatic rings. The summed E-state index contributed by atoms with van der Waals surface area (Å²) in [6.45, 7) is 4.39. The number of hydrogen-bond donors (Lipinski definition) is 1. The molecule has 5 heteroatoms. The Morgan fingerprint density at radius 1 is 1.29 bits per heavy atom. The number of aliphatic hydroxyl groups excluding tert-OH is 1. The first-order valence-electron chi connectivity index (χ1n) is 6.45. The van der Waals surface area contributed by atoms with Gasteiger partial charge in [0.05, 0.1) is 0 Å². The molecule has 0 saturated carbocycles. The van der Waals surface area contributed by atoms with Crippen LogP contribution in [0.15, 0.2) is 0 Å². The number of sulfone groups is 1. The summed E-state index contributed by atoms with van der Waals surface area (Å²) in [7, 11) is -2.81. The normalized spacial score (nSPS) is 27.2. The topological polar surface area (TPSA) is 57.6 Å². The molecule has 0 aromatic heterocycles. The molecule has 0 amide bonds. The fourth-order valence-electron chi connectivity index (χ4n) is 2.40. The SMILES string of the molecule is CC1CCC(CO)CN1CCCCS(C)(=O)=O. The fourth-order valence-corrected chi connectivity index (χ4v) is 3.13. The third-order valence-electron chi connectivity index (χ3n) is 3.58. The van der Waals surface area contributed by atoms with Gasteiger partial charge in [0.25, 0.3) is 0 Å². The van der Waals surface area contributed by atoms with Crippen molar-refractivity contribution in [3.8, 4) is 0 Å². The van der Waals surface area contributed by atoms with Crippen molar-refractivity contribution in [1.82, 2.24) is 4.90 Å². The summed E-state index contributed by atoms with van der Waals surface area (Å²) in [4.78, 5) is 2.38. The number of piperidine rings is 1. The van der Waals surface area contributed by atoms with Crippen molar-refractivity contribution >= 4 is 9.84 Å². The van der Waals surface area contributed by atoms with E-state index in [1.807, 2.05) is 0 Å². The molecule has 0 aromatic carbocycles. The summed E-state index contributed by atoms with van der Waals surface area (Å²) >= 11 is 0. The standard InChI is InChI=1S/C12H25NO3S/c1-11-5-6-12(10-14)9-13(11)7-3-4-8-17(2,15)16/h11-12,14H,3-10H2,1-2H3. The zero-order valence-corrected chi connectivity index (χ0v) is 11.7. The van der Waals surface area contributed by atoms with Crippen LogP contribution >= 0.6 is 0 Å². The summed E-state index contributed by atoms with van der Waals surface area (Å²) in [5.41, 5.74) is 0. The van der Waals surface area contributed by atoms with E-state index in [2.05, 4.69) is 11.8 Å². The van der Waals surface area contributed by atoms with Crippen LogP contribution in [0.5, 0.6) is 0 Å². The number of likely N-dealkylation sites (tertiary alicyclic amines) is 1. The smallest absolute Gasteiger partial charge is 0.147 e. The van der Waals surface area contributed by atoms with Crippen LogP contribution in [-0.2, 0) is 9.84 Å². The van der Waals surface area contributed by atoms with Crippen molar-refractivity contribution < 1.29 is 13.5 Å². The second kappa shape index (κ2) is 6.71. The van der Waals surface area contributed by atoms with Gasteiger partial charge in [-0.05, 0) is 45.1 Å². The molecular formula is C12H25NO3S. The predicted octanol–water partition coefficient (Wildman–Crippen LogP) is 0.904. The quantitative estimate of drug-likeness (QED) is 0.724. The van der Waals surface area contributed by atoms with Gasteiger partial charge in [0.15, 0.2) is 0 Å². The number of aliphatic hydroxyl groups is 1. The molecule has 4 nitrogen and oxygen atoms in total. The molecule has 0 spiro atoms. The maximum Gasteiger partial charge on any atom is 0.147 e. The van der Waals surface area contributed by atoms with E-state index >= 15 is 0 Å². The predicted molar refractivity (Wildman–Crippen MR) is 69.8 cm³/mol. The van der Waals surface area contributed by atoms with Gasteiger partial charge in [-0.3, -0.25) is 0 Å². The minimum absolute atomic E-state index is 0.270. The van der Waals surface area contributed by atoms with Crippen molar-refractivity contribution in [2.24, 2.45) is 5.92 Å². The number of rotatable bonds is 6. The first-order chi connectivity index (χ1) is 7.92. The Bertz CT molecular complexity index is 316. The van der Waals surface area contributed by atoms with E-state index < -0.39 is 9.84 Å². The van der Waals surface area contributed by atoms with Crippen LogP contribution in [0.2, 0.25) is 0 Å². The summed E-state index contributed by atoms with van der Waals surface area (Å²) in [6, 6.07) is 0.566. The van der Waals surface area contributed by atoms with Gasteiger partial charge in [0.2, 0.25) is 0 Å². The molecule has 1 fully saturated rings. The lowest BCUT2D eigenvalue weighted by Gasteiger charge is -2.37. The number of unbranched alkanes of at least 4 members (excludes halogenated alkanes) is 1. The highest BCUT2D eigenvalue weighted by Gasteiger charge is 2.24. The summed E-state index contributed by atoms with van der Waals surface area (Å²) in [6.07, 6.45) is 5.20. The van der Waals surface area contributed by atoms with Gasteiger partial charge in [0, 0.05) is 31.2 Å². The Balaban J connectivity index is 2.25. The first kappa shape index (κ1) is 14.9. The lowest BCUT2D eigenvalue weighted by Crippen LogP contribution is -2.43. The van der Waals surface area contributed by atoms with E-state index in [0.717, 1.165) is 38.8 Å². The van der Waals surface area contributed by atoms with E-state index in [-0.39, 0.29) is 6.61 Å². The Labute approximate surface area is 105 Å². The van der Waals surface area contributed by atoms with Gasteiger partial charge >= 0.3 is 0 Å². The minimum atomic E-state index is -2.81. The Hall–Kier alpha value is -0.130. The van der Waals surface area contributed by atoms with Gasteiger partial charge in [0.1, 0.15) is 9.84 Å². The molecule has 1 N–H and O–H groups in total. The van der Waals surface area contributed by atoms with Crippen molar-refractivity contribution in [2.75, 3.05) is 31.7 Å². The van der Waals surface area contributed by atoms with Gasteiger partial charge in [-0.15, -0.1) is 0 Å². The molecule has 17 heavy (non-hydrogen) atoms. The molecule has 1 aliphatic heterocycles. The third-order valence-corrected chi connectivity index (χ3v) is 4.61. The third kappa shape index (κ3) is 5.84. The van der Waals surface area contributed by atoms with E-state index in [0.29, 0.717) is 17.7 Å². The highest BCUT2D eigenvalue weighted by atomic mass is 32.2. The Morgan fingerprint density at radius 3 is 2.59 bits per heavy atom. The van der Waals surface area contributed by atoms with E-state index in [1.165, 1.54) is 6.26 Å². The molecule has 1 heterocycles. The maximum absolute atomic E-state index is 11.0. The second-order valence-electron chi connectivity index (χ2n) is 5.31. The van der Waals surface area contributed by atoms with Crippen LogP contribution in [0.1, 0.15) is 32.6 Å². The average molecular weight is 263 g/mol. The molecule has 1 saturated heterocycles. The van der Waals surface area contributed by atoms with Crippen molar-refractivity contribution in [3.63, 3.8) is 0 Å². The zero-order chi connectivity index (χ0) is 12.9. The van der Waals surface area contributed by atoms with Gasteiger partial charge < -0.3 is 10.0 Å². The van der Waals surface area contributed by atoms with Gasteiger partial charge in [-0.2, -0.15) is 0 Å². The van der Waals surface area contributed by atoms with E-state index in [9.17, 15) is 8.42 Å². The van der Waals surface area contributed by atoms with Gasteiger partial charge in [-0.1, -0.05) is 0 Å². The lowest BCUT2D eigenvalue weighted by molar-refractivity contribution is 0.0819. The molecule has 1 rings (SSSR count). The molecule has 0 radical (unpaired) electrons. The monoisotopic (exact) mass is 263 g/mol. The first-order valence-corrected chi connectivity index (χ1v) is 8.51. The number of hydrogen-bond acceptors (Lipinski definition) is 4. The van der Waals surface area contributed by atoms with Crippen molar-refractivity contribution in [3.05, 3.63) is 0 Å². The highest BCUT2D eigenvalue weighted by molar-refractivity contribution is 7.90. The molecule has 2 unspecified atom stereocenters. The molecule has 102 valence electrons. The van der Waals surface area contributed by atoms with Crippen molar-refractivity contribution in [2.45, 2.75) is 38.6 Å². The molecule has 0 bridgehead atoms. The zero-order valence-electron chi connectivity index (χ0n) is 10.9. The van der Waals surface area contributed by atoms with E-state index in [4.69, 9.17) is 5.11 Å². The average Bonchev–Trinajstić information content (AvgIpc) is 2.25. The van der Waals surface area contributed by atoms with Crippen LogP contribution in [0.4, 0.5) is 0 Å². The molecule has 0 aromatic rings. The van der Waals surface area contributed by atoms with Gasteiger partial charge in [-0.25, -0.2) is 8.42 Å². The minimum Gasteiger partial charge on any atom is -0.396 e. The van der Waals surface area contributed by atoms with Crippen LogP contribution in [0, 0.1) is 5.92 Å².